The number of rotatable bonds is 8. The highest BCUT2D eigenvalue weighted by atomic mass is 32.2. The summed E-state index contributed by atoms with van der Waals surface area (Å²) in [5.41, 5.74) is 8.56. The number of anilines is 3. The molecule has 2 heterocycles. The normalized spacial score (nSPS) is 15.3. The third-order valence-electron chi connectivity index (χ3n) is 7.88. The smallest absolute Gasteiger partial charge is 0.475 e. The Morgan fingerprint density at radius 3 is 2.27 bits per heavy atom. The van der Waals surface area contributed by atoms with E-state index in [-0.39, 0.29) is 16.7 Å². The molecule has 49 heavy (non-hydrogen) atoms. The quantitative estimate of drug-likeness (QED) is 0.169. The predicted molar refractivity (Wildman–Crippen MR) is 179 cm³/mol. The Bertz CT molecular complexity index is 1960. The van der Waals surface area contributed by atoms with E-state index in [1.54, 1.807) is 43.1 Å². The van der Waals surface area contributed by atoms with Crippen LogP contribution in [0.4, 0.5) is 30.4 Å². The molecule has 1 aliphatic rings. The number of halogens is 3. The molecule has 1 aliphatic heterocycles. The summed E-state index contributed by atoms with van der Waals surface area (Å²) < 4.78 is 58.6. The number of nitrogens with zero attached hydrogens (tertiary/aromatic N) is 2. The number of carboxylic acids is 1. The van der Waals surface area contributed by atoms with Crippen LogP contribution in [0.2, 0.25) is 0 Å². The molecule has 15 heteroatoms. The van der Waals surface area contributed by atoms with Gasteiger partial charge < -0.3 is 26.4 Å². The second-order valence-electron chi connectivity index (χ2n) is 11.6. The largest absolute Gasteiger partial charge is 0.490 e. The minimum Gasteiger partial charge on any atom is -0.475 e. The first-order valence-electron chi connectivity index (χ1n) is 15.2. The van der Waals surface area contributed by atoms with Gasteiger partial charge >= 0.3 is 12.1 Å². The monoisotopic (exact) mass is 699 g/mol. The minimum absolute atomic E-state index is 0.170. The zero-order valence-corrected chi connectivity index (χ0v) is 27.7. The van der Waals surface area contributed by atoms with E-state index in [9.17, 15) is 31.2 Å². The Morgan fingerprint density at radius 2 is 1.65 bits per heavy atom. The lowest BCUT2D eigenvalue weighted by molar-refractivity contribution is -0.192. The number of amides is 2. The van der Waals surface area contributed by atoms with Crippen LogP contribution < -0.4 is 16.4 Å². The van der Waals surface area contributed by atoms with Gasteiger partial charge in [-0.2, -0.15) is 13.2 Å². The van der Waals surface area contributed by atoms with Crippen LogP contribution in [0.1, 0.15) is 56.8 Å². The van der Waals surface area contributed by atoms with E-state index in [1.165, 1.54) is 6.92 Å². The molecule has 0 saturated carbocycles. The maximum atomic E-state index is 14.4. The minimum atomic E-state index is -5.08. The summed E-state index contributed by atoms with van der Waals surface area (Å²) in [6.07, 6.45) is -2.13. The van der Waals surface area contributed by atoms with Crippen molar-refractivity contribution in [1.82, 2.24) is 9.88 Å². The molecule has 5 rings (SSSR count). The number of likely N-dealkylation sites (tertiary alicyclic amines) is 1. The van der Waals surface area contributed by atoms with Crippen LogP contribution in [0, 0.1) is 0 Å². The zero-order valence-electron chi connectivity index (χ0n) is 26.9. The fourth-order valence-electron chi connectivity index (χ4n) is 5.51. The molecule has 3 aromatic carbocycles. The number of fused-ring (bicyclic) bond motifs is 1. The number of hydrogen-bond acceptors (Lipinski definition) is 8. The van der Waals surface area contributed by atoms with Crippen LogP contribution in [0.5, 0.6) is 0 Å². The number of carboxylic acid groups (broad SMARTS) is 1. The Labute approximate surface area is 281 Å². The van der Waals surface area contributed by atoms with Crippen molar-refractivity contribution < 1.29 is 41.1 Å². The van der Waals surface area contributed by atoms with E-state index in [2.05, 4.69) is 15.6 Å². The van der Waals surface area contributed by atoms with E-state index in [0.717, 1.165) is 22.0 Å². The summed E-state index contributed by atoms with van der Waals surface area (Å²) in [4.78, 5) is 41.2. The van der Waals surface area contributed by atoms with Crippen molar-refractivity contribution in [2.45, 2.75) is 62.0 Å². The maximum absolute atomic E-state index is 14.4. The first-order chi connectivity index (χ1) is 23.0. The molecule has 2 amide bonds. The Morgan fingerprint density at radius 1 is 1.00 bits per heavy atom. The molecule has 1 aromatic heterocycles. The molecule has 2 atom stereocenters. The number of nitrogens with one attached hydrogen (secondary N) is 2. The summed E-state index contributed by atoms with van der Waals surface area (Å²) in [6, 6.07) is 20.6. The number of nitrogen functional groups attached to an aromatic ring is 1. The first-order valence-corrected chi connectivity index (χ1v) is 16.8. The predicted octanol–water partition coefficient (Wildman–Crippen LogP) is 6.11. The topological polar surface area (TPSA) is 172 Å². The molecular weight excluding hydrogens is 663 g/mol. The number of carbonyl (C=O) groups is 3. The van der Waals surface area contributed by atoms with Gasteiger partial charge in [0, 0.05) is 36.4 Å². The molecule has 0 aliphatic carbocycles. The van der Waals surface area contributed by atoms with Crippen LogP contribution >= 0.6 is 0 Å². The molecule has 4 aromatic rings. The van der Waals surface area contributed by atoms with Crippen LogP contribution in [0.25, 0.3) is 10.8 Å². The van der Waals surface area contributed by atoms with Crippen molar-refractivity contribution in [2.75, 3.05) is 22.9 Å². The molecule has 0 unspecified atom stereocenters. The van der Waals surface area contributed by atoms with Crippen molar-refractivity contribution in [2.24, 2.45) is 0 Å². The average molecular weight is 700 g/mol. The summed E-state index contributed by atoms with van der Waals surface area (Å²) in [5.74, 6) is -2.76. The number of hydrogen-bond donors (Lipinski definition) is 4. The number of pyridine rings is 1. The molecular formula is C34H36F3N5O6S. The van der Waals surface area contributed by atoms with Gasteiger partial charge in [0.15, 0.2) is 9.84 Å². The van der Waals surface area contributed by atoms with Gasteiger partial charge in [0.05, 0.1) is 16.2 Å². The standard InChI is InChI=1S/C32H35N5O4S.C2HF3O2/c1-20(2)42(40,41)29-14-12-25(35-21(3)38)19-27(29)28-10-7-17-37(28)32(39)30(22-8-5-4-6-9-22)36-24-11-13-26-23(18-24)15-16-34-31(26)33;3-2(4,5)1(6)7/h4-6,8-9,11-16,18-20,28,30,36H,7,10,17H2,1-3H3,(H2,33,34)(H,35,38);(H,6,7)/t28-,30+;/m1./s1. The molecule has 11 nitrogen and oxygen atoms in total. The zero-order chi connectivity index (χ0) is 36.1. The van der Waals surface area contributed by atoms with E-state index in [0.29, 0.717) is 36.5 Å². The second kappa shape index (κ2) is 14.9. The van der Waals surface area contributed by atoms with Crippen molar-refractivity contribution in [3.8, 4) is 0 Å². The SMILES string of the molecule is CC(=O)Nc1ccc(S(=O)(=O)C(C)C)c([C@H]2CCCN2C(=O)[C@@H](Nc2ccc3c(N)nccc3c2)c2ccccc2)c1.O=C(O)C(F)(F)F. The number of carbonyl (C=O) groups excluding carboxylic acids is 2. The van der Waals surface area contributed by atoms with Crippen LogP contribution in [0.3, 0.4) is 0 Å². The van der Waals surface area contributed by atoms with Gasteiger partial charge in [-0.15, -0.1) is 0 Å². The number of benzene rings is 3. The lowest BCUT2D eigenvalue weighted by Gasteiger charge is -2.31. The van der Waals surface area contributed by atoms with Gasteiger partial charge in [0.25, 0.3) is 0 Å². The van der Waals surface area contributed by atoms with Crippen LogP contribution in [-0.4, -0.2) is 59.2 Å². The van der Waals surface area contributed by atoms with E-state index in [4.69, 9.17) is 15.6 Å². The van der Waals surface area contributed by atoms with Gasteiger partial charge in [-0.05, 0) is 85.7 Å². The number of nitrogens with two attached hydrogens (primary N) is 1. The third kappa shape index (κ3) is 8.65. The number of sulfone groups is 1. The van der Waals surface area contributed by atoms with Crippen molar-refractivity contribution >= 4 is 55.6 Å². The van der Waals surface area contributed by atoms with Gasteiger partial charge in [0.2, 0.25) is 11.8 Å². The lowest BCUT2D eigenvalue weighted by Crippen LogP contribution is -2.38. The van der Waals surface area contributed by atoms with Gasteiger partial charge in [-0.3, -0.25) is 9.59 Å². The van der Waals surface area contributed by atoms with Crippen molar-refractivity contribution in [1.29, 1.82) is 0 Å². The Hall–Kier alpha value is -5.18. The fraction of sp³-hybridized carbons (Fsp3) is 0.294. The average Bonchev–Trinajstić information content (AvgIpc) is 3.53. The van der Waals surface area contributed by atoms with Gasteiger partial charge in [-0.1, -0.05) is 30.3 Å². The first kappa shape index (κ1) is 36.7. The Kier molecular flexibility index (Phi) is 11.2. The molecule has 5 N–H and O–H groups in total. The van der Waals surface area contributed by atoms with Crippen LogP contribution in [-0.2, 0) is 24.2 Å². The maximum Gasteiger partial charge on any atom is 0.490 e. The van der Waals surface area contributed by atoms with Gasteiger partial charge in [0.1, 0.15) is 11.9 Å². The molecule has 0 bridgehead atoms. The Balaban J connectivity index is 0.000000698. The van der Waals surface area contributed by atoms with Crippen molar-refractivity contribution in [3.63, 3.8) is 0 Å². The highest BCUT2D eigenvalue weighted by Gasteiger charge is 2.39. The molecule has 260 valence electrons. The molecule has 0 radical (unpaired) electrons. The highest BCUT2D eigenvalue weighted by Crippen LogP contribution is 2.40. The summed E-state index contributed by atoms with van der Waals surface area (Å²) >= 11 is 0. The number of alkyl halides is 3. The summed E-state index contributed by atoms with van der Waals surface area (Å²) in [7, 11) is -3.67. The van der Waals surface area contributed by atoms with Crippen LogP contribution in [0.15, 0.2) is 83.9 Å². The molecule has 1 saturated heterocycles. The van der Waals surface area contributed by atoms with E-state index in [1.807, 2.05) is 54.6 Å². The second-order valence-corrected chi connectivity index (χ2v) is 14.1. The van der Waals surface area contributed by atoms with E-state index < -0.39 is 39.3 Å². The fourth-order valence-corrected chi connectivity index (χ4v) is 6.80. The molecule has 1 fully saturated rings. The summed E-state index contributed by atoms with van der Waals surface area (Å²) in [6.45, 7) is 5.15. The van der Waals surface area contributed by atoms with E-state index >= 15 is 0 Å². The number of aromatic nitrogens is 1. The molecule has 0 spiro atoms. The highest BCUT2D eigenvalue weighted by molar-refractivity contribution is 7.92. The lowest BCUT2D eigenvalue weighted by atomic mass is 10.0. The van der Waals surface area contributed by atoms with Crippen molar-refractivity contribution in [3.05, 3.63) is 90.1 Å². The third-order valence-corrected chi connectivity index (χ3v) is 10.1. The number of aliphatic carboxylic acids is 1. The van der Waals surface area contributed by atoms with Gasteiger partial charge in [-0.25, -0.2) is 18.2 Å². The summed E-state index contributed by atoms with van der Waals surface area (Å²) in [5, 5.41) is 14.4.